The monoisotopic (exact) mass is 365 g/mol. The van der Waals surface area contributed by atoms with Crippen molar-refractivity contribution in [2.75, 3.05) is 0 Å². The van der Waals surface area contributed by atoms with Gasteiger partial charge in [-0.15, -0.1) is 0 Å². The highest BCUT2D eigenvalue weighted by Crippen LogP contribution is 2.43. The van der Waals surface area contributed by atoms with E-state index in [1.807, 2.05) is 32.6 Å². The molecule has 0 spiro atoms. The molecule has 1 amide bonds. The molecule has 1 saturated carbocycles. The first-order valence-electron chi connectivity index (χ1n) is 9.82. The summed E-state index contributed by atoms with van der Waals surface area (Å²) in [6, 6.07) is 0. The third kappa shape index (κ3) is 4.24. The molecule has 0 aromatic rings. The van der Waals surface area contributed by atoms with Crippen LogP contribution in [-0.4, -0.2) is 39.7 Å². The SMILES string of the molecule is C=C(C)C(=O)OC1CC(C)(C)N(C(=O)OC2(CC)CCCC2)C(C)(C)C1. The molecule has 148 valence electrons. The zero-order valence-corrected chi connectivity index (χ0v) is 17.3. The van der Waals surface area contributed by atoms with Gasteiger partial charge in [0.25, 0.3) is 0 Å². The van der Waals surface area contributed by atoms with Gasteiger partial charge in [0.1, 0.15) is 11.7 Å². The highest BCUT2D eigenvalue weighted by molar-refractivity contribution is 5.87. The Kier molecular flexibility index (Phi) is 5.79. The summed E-state index contributed by atoms with van der Waals surface area (Å²) in [4.78, 5) is 27.0. The van der Waals surface area contributed by atoms with Gasteiger partial charge in [0.2, 0.25) is 0 Å². The molecule has 0 atom stereocenters. The molecule has 5 heteroatoms. The van der Waals surface area contributed by atoms with E-state index in [1.165, 1.54) is 0 Å². The zero-order valence-electron chi connectivity index (χ0n) is 17.3. The van der Waals surface area contributed by atoms with Crippen LogP contribution >= 0.6 is 0 Å². The van der Waals surface area contributed by atoms with Gasteiger partial charge in [0.15, 0.2) is 0 Å². The van der Waals surface area contributed by atoms with Gasteiger partial charge in [0, 0.05) is 29.5 Å². The normalized spacial score (nSPS) is 24.2. The largest absolute Gasteiger partial charge is 0.459 e. The molecule has 2 rings (SSSR count). The second-order valence-electron chi connectivity index (χ2n) is 9.29. The Bertz CT molecular complexity index is 555. The first-order chi connectivity index (χ1) is 11.9. The number of hydrogen-bond acceptors (Lipinski definition) is 4. The Morgan fingerprint density at radius 3 is 2.00 bits per heavy atom. The second-order valence-corrected chi connectivity index (χ2v) is 9.29. The third-order valence-corrected chi connectivity index (χ3v) is 5.93. The van der Waals surface area contributed by atoms with E-state index in [4.69, 9.17) is 9.47 Å². The van der Waals surface area contributed by atoms with Crippen molar-refractivity contribution >= 4 is 12.1 Å². The van der Waals surface area contributed by atoms with Gasteiger partial charge in [-0.3, -0.25) is 4.90 Å². The summed E-state index contributed by atoms with van der Waals surface area (Å²) in [6.07, 6.45) is 5.68. The molecule has 1 saturated heterocycles. The van der Waals surface area contributed by atoms with Crippen molar-refractivity contribution in [1.29, 1.82) is 0 Å². The maximum Gasteiger partial charge on any atom is 0.411 e. The second kappa shape index (κ2) is 7.24. The van der Waals surface area contributed by atoms with Gasteiger partial charge in [-0.1, -0.05) is 13.5 Å². The van der Waals surface area contributed by atoms with Crippen LogP contribution in [0.4, 0.5) is 4.79 Å². The topological polar surface area (TPSA) is 55.8 Å². The average molecular weight is 366 g/mol. The molecule has 0 radical (unpaired) electrons. The third-order valence-electron chi connectivity index (χ3n) is 5.93. The molecule has 1 aliphatic heterocycles. The smallest absolute Gasteiger partial charge is 0.411 e. The Labute approximate surface area is 158 Å². The quantitative estimate of drug-likeness (QED) is 0.520. The van der Waals surface area contributed by atoms with E-state index in [2.05, 4.69) is 13.5 Å². The first kappa shape index (κ1) is 20.8. The van der Waals surface area contributed by atoms with Crippen molar-refractivity contribution in [1.82, 2.24) is 4.90 Å². The lowest BCUT2D eigenvalue weighted by Crippen LogP contribution is -2.65. The van der Waals surface area contributed by atoms with Gasteiger partial charge in [-0.05, 0) is 66.7 Å². The van der Waals surface area contributed by atoms with Crippen molar-refractivity contribution in [3.05, 3.63) is 12.2 Å². The molecular formula is C21H35NO4. The van der Waals surface area contributed by atoms with Gasteiger partial charge in [-0.2, -0.15) is 0 Å². The van der Waals surface area contributed by atoms with Crippen molar-refractivity contribution < 1.29 is 19.1 Å². The molecule has 1 heterocycles. The minimum Gasteiger partial charge on any atom is -0.459 e. The van der Waals surface area contributed by atoms with Gasteiger partial charge in [0.05, 0.1) is 0 Å². The average Bonchev–Trinajstić information content (AvgIpc) is 2.93. The summed E-state index contributed by atoms with van der Waals surface area (Å²) in [5, 5.41) is 0. The van der Waals surface area contributed by atoms with E-state index in [-0.39, 0.29) is 23.8 Å². The van der Waals surface area contributed by atoms with E-state index in [0.717, 1.165) is 32.1 Å². The summed E-state index contributed by atoms with van der Waals surface area (Å²) < 4.78 is 11.7. The Morgan fingerprint density at radius 2 is 1.58 bits per heavy atom. The number of rotatable bonds is 4. The number of carbonyl (C=O) groups is 2. The minimum atomic E-state index is -0.466. The molecule has 26 heavy (non-hydrogen) atoms. The molecule has 2 fully saturated rings. The summed E-state index contributed by atoms with van der Waals surface area (Å²) in [7, 11) is 0. The first-order valence-corrected chi connectivity index (χ1v) is 9.82. The fourth-order valence-electron chi connectivity index (χ4n) is 4.80. The Balaban J connectivity index is 2.17. The van der Waals surface area contributed by atoms with Crippen molar-refractivity contribution in [3.8, 4) is 0 Å². The van der Waals surface area contributed by atoms with Crippen LogP contribution in [-0.2, 0) is 14.3 Å². The number of nitrogens with zero attached hydrogens (tertiary/aromatic N) is 1. The number of likely N-dealkylation sites (tertiary alicyclic amines) is 1. The molecule has 2 aliphatic rings. The van der Waals surface area contributed by atoms with Crippen LogP contribution < -0.4 is 0 Å². The molecular weight excluding hydrogens is 330 g/mol. The van der Waals surface area contributed by atoms with Crippen molar-refractivity contribution in [2.24, 2.45) is 0 Å². The van der Waals surface area contributed by atoms with Crippen LogP contribution in [0.5, 0.6) is 0 Å². The molecule has 1 aliphatic carbocycles. The summed E-state index contributed by atoms with van der Waals surface area (Å²) in [6.45, 7) is 15.5. The van der Waals surface area contributed by atoms with Crippen LogP contribution in [0.3, 0.4) is 0 Å². The predicted molar refractivity (Wildman–Crippen MR) is 102 cm³/mol. The number of ether oxygens (including phenoxy) is 2. The summed E-state index contributed by atoms with van der Waals surface area (Å²) in [5.41, 5.74) is -0.848. The van der Waals surface area contributed by atoms with Gasteiger partial charge >= 0.3 is 12.1 Å². The van der Waals surface area contributed by atoms with E-state index in [9.17, 15) is 9.59 Å². The number of amides is 1. The lowest BCUT2D eigenvalue weighted by Gasteiger charge is -2.54. The molecule has 0 aromatic heterocycles. The standard InChI is InChI=1S/C21H35NO4/c1-8-21(11-9-10-12-21)26-18(24)22-19(4,5)13-16(14-20(22,6)7)25-17(23)15(2)3/h16H,2,8-14H2,1,3-7H3. The van der Waals surface area contributed by atoms with E-state index >= 15 is 0 Å². The van der Waals surface area contributed by atoms with E-state index in [0.29, 0.717) is 18.4 Å². The predicted octanol–water partition coefficient (Wildman–Crippen LogP) is 4.99. The number of esters is 1. The van der Waals surface area contributed by atoms with Gasteiger partial charge in [-0.25, -0.2) is 9.59 Å². The van der Waals surface area contributed by atoms with Crippen LogP contribution in [0.2, 0.25) is 0 Å². The minimum absolute atomic E-state index is 0.236. The number of hydrogen-bond donors (Lipinski definition) is 0. The fourth-order valence-corrected chi connectivity index (χ4v) is 4.80. The maximum absolute atomic E-state index is 13.2. The lowest BCUT2D eigenvalue weighted by molar-refractivity contribution is -0.154. The van der Waals surface area contributed by atoms with E-state index < -0.39 is 11.1 Å². The van der Waals surface area contributed by atoms with Gasteiger partial charge < -0.3 is 9.47 Å². The van der Waals surface area contributed by atoms with Crippen molar-refractivity contribution in [2.45, 2.75) is 109 Å². The number of piperidine rings is 1. The molecule has 0 aromatic carbocycles. The highest BCUT2D eigenvalue weighted by Gasteiger charge is 2.51. The molecule has 5 nitrogen and oxygen atoms in total. The summed E-state index contributed by atoms with van der Waals surface area (Å²) >= 11 is 0. The zero-order chi connectivity index (χ0) is 19.8. The Hall–Kier alpha value is -1.52. The Morgan fingerprint density at radius 1 is 1.08 bits per heavy atom. The summed E-state index contributed by atoms with van der Waals surface area (Å²) in [5.74, 6) is -0.367. The van der Waals surface area contributed by atoms with Crippen LogP contribution in [0, 0.1) is 0 Å². The van der Waals surface area contributed by atoms with E-state index in [1.54, 1.807) is 6.92 Å². The molecule has 0 N–H and O–H groups in total. The fraction of sp³-hybridized carbons (Fsp3) is 0.810. The van der Waals surface area contributed by atoms with Crippen molar-refractivity contribution in [3.63, 3.8) is 0 Å². The lowest BCUT2D eigenvalue weighted by atomic mass is 9.78. The highest BCUT2D eigenvalue weighted by atomic mass is 16.6. The van der Waals surface area contributed by atoms with Crippen LogP contribution in [0.25, 0.3) is 0 Å². The van der Waals surface area contributed by atoms with Crippen LogP contribution in [0.15, 0.2) is 12.2 Å². The molecule has 0 unspecified atom stereocenters. The molecule has 0 bridgehead atoms. The van der Waals surface area contributed by atoms with Crippen LogP contribution in [0.1, 0.15) is 86.5 Å². The number of carbonyl (C=O) groups excluding carboxylic acids is 2. The maximum atomic E-state index is 13.2.